The number of hydrogen-bond acceptors (Lipinski definition) is 3. The van der Waals surface area contributed by atoms with Crippen LogP contribution in [0.5, 0.6) is 0 Å². The van der Waals surface area contributed by atoms with E-state index in [2.05, 4.69) is 18.8 Å². The Hall–Kier alpha value is -1.58. The Morgan fingerprint density at radius 2 is 2.17 bits per heavy atom. The fraction of sp³-hybridized carbons (Fsp3) is 0.571. The molecule has 2 N–H and O–H groups in total. The van der Waals surface area contributed by atoms with Gasteiger partial charge in [0.15, 0.2) is 0 Å². The minimum Gasteiger partial charge on any atom is -0.384 e. The van der Waals surface area contributed by atoms with Gasteiger partial charge in [-0.05, 0) is 36.8 Å². The van der Waals surface area contributed by atoms with Gasteiger partial charge in [0.05, 0.1) is 5.56 Å². The van der Waals surface area contributed by atoms with Crippen LogP contribution < -0.4 is 5.73 Å². The van der Waals surface area contributed by atoms with E-state index in [1.54, 1.807) is 18.3 Å². The van der Waals surface area contributed by atoms with Crippen LogP contribution in [0.4, 0.5) is 5.82 Å². The number of hydrogen-bond donors (Lipinski definition) is 1. The van der Waals surface area contributed by atoms with E-state index in [1.807, 2.05) is 4.90 Å². The van der Waals surface area contributed by atoms with Gasteiger partial charge in [0, 0.05) is 19.3 Å². The van der Waals surface area contributed by atoms with Crippen molar-refractivity contribution in [3.8, 4) is 0 Å². The summed E-state index contributed by atoms with van der Waals surface area (Å²) in [4.78, 5) is 18.2. The van der Waals surface area contributed by atoms with Gasteiger partial charge in [-0.1, -0.05) is 13.8 Å². The first-order chi connectivity index (χ1) is 8.60. The van der Waals surface area contributed by atoms with Crippen molar-refractivity contribution in [3.63, 3.8) is 0 Å². The molecule has 1 aliphatic heterocycles. The maximum Gasteiger partial charge on any atom is 0.255 e. The van der Waals surface area contributed by atoms with Gasteiger partial charge < -0.3 is 10.6 Å². The number of carbonyl (C=O) groups excluding carboxylic acids is 1. The Morgan fingerprint density at radius 3 is 2.67 bits per heavy atom. The Balaban J connectivity index is 2.10. The maximum atomic E-state index is 12.3. The molecular weight excluding hydrogens is 226 g/mol. The average molecular weight is 247 g/mol. The van der Waals surface area contributed by atoms with Crippen molar-refractivity contribution < 1.29 is 4.79 Å². The van der Waals surface area contributed by atoms with Gasteiger partial charge in [0.2, 0.25) is 0 Å². The van der Waals surface area contributed by atoms with Gasteiger partial charge in [0.1, 0.15) is 5.82 Å². The van der Waals surface area contributed by atoms with E-state index < -0.39 is 0 Å². The normalized spacial score (nSPS) is 18.0. The third-order valence-corrected chi connectivity index (χ3v) is 4.26. The van der Waals surface area contributed by atoms with Gasteiger partial charge in [-0.3, -0.25) is 4.79 Å². The number of nitrogen functional groups attached to an aromatic ring is 1. The molecule has 0 atom stereocenters. The predicted molar refractivity (Wildman–Crippen MR) is 72.2 cm³/mol. The summed E-state index contributed by atoms with van der Waals surface area (Å²) < 4.78 is 0. The number of nitrogens with two attached hydrogens (primary N) is 1. The van der Waals surface area contributed by atoms with Crippen LogP contribution in [0.25, 0.3) is 0 Å². The lowest BCUT2D eigenvalue weighted by molar-refractivity contribution is 0.0769. The first kappa shape index (κ1) is 12.9. The van der Waals surface area contributed by atoms with Crippen LogP contribution in [-0.2, 0) is 0 Å². The zero-order valence-electron chi connectivity index (χ0n) is 11.1. The molecule has 98 valence electrons. The molecule has 0 aromatic carbocycles. The number of likely N-dealkylation sites (tertiary alicyclic amines) is 1. The van der Waals surface area contributed by atoms with Crippen LogP contribution in [0, 0.1) is 5.41 Å². The maximum absolute atomic E-state index is 12.3. The third-order valence-electron chi connectivity index (χ3n) is 4.26. The van der Waals surface area contributed by atoms with Gasteiger partial charge in [-0.25, -0.2) is 4.98 Å². The quantitative estimate of drug-likeness (QED) is 0.891. The summed E-state index contributed by atoms with van der Waals surface area (Å²) in [5.74, 6) is 0.524. The molecule has 0 aliphatic carbocycles. The van der Waals surface area contributed by atoms with E-state index in [0.717, 1.165) is 32.4 Å². The van der Waals surface area contributed by atoms with Crippen LogP contribution in [0.1, 0.15) is 43.5 Å². The summed E-state index contributed by atoms with van der Waals surface area (Å²) in [5, 5.41) is 0. The Labute approximate surface area is 108 Å². The van der Waals surface area contributed by atoms with Crippen molar-refractivity contribution in [1.29, 1.82) is 0 Å². The lowest BCUT2D eigenvalue weighted by atomic mass is 9.82. The molecule has 1 saturated heterocycles. The van der Waals surface area contributed by atoms with Crippen LogP contribution in [0.3, 0.4) is 0 Å². The Kier molecular flexibility index (Phi) is 3.55. The fourth-order valence-corrected chi connectivity index (χ4v) is 2.65. The van der Waals surface area contributed by atoms with Crippen LogP contribution in [0.2, 0.25) is 0 Å². The van der Waals surface area contributed by atoms with E-state index in [0.29, 0.717) is 16.8 Å². The van der Waals surface area contributed by atoms with Crippen molar-refractivity contribution >= 4 is 11.7 Å². The van der Waals surface area contributed by atoms with Crippen LogP contribution in [0.15, 0.2) is 18.3 Å². The Bertz CT molecular complexity index is 423. The zero-order valence-corrected chi connectivity index (χ0v) is 11.1. The van der Waals surface area contributed by atoms with Gasteiger partial charge in [-0.2, -0.15) is 0 Å². The molecule has 4 heteroatoms. The summed E-state index contributed by atoms with van der Waals surface area (Å²) in [5.41, 5.74) is 6.48. The molecule has 2 heterocycles. The standard InChI is InChI=1S/C14H21N3O/c1-3-14(4-2)7-8-17(10-14)13(18)11-5-6-12(15)16-9-11/h5-6,9H,3-4,7-8,10H2,1-2H3,(H2,15,16). The second-order valence-electron chi connectivity index (χ2n) is 5.16. The lowest BCUT2D eigenvalue weighted by Gasteiger charge is -2.26. The molecule has 18 heavy (non-hydrogen) atoms. The van der Waals surface area contributed by atoms with Crippen molar-refractivity contribution in [3.05, 3.63) is 23.9 Å². The molecule has 1 aliphatic rings. The average Bonchev–Trinajstić information content (AvgIpc) is 2.84. The monoisotopic (exact) mass is 247 g/mol. The highest BCUT2D eigenvalue weighted by Crippen LogP contribution is 2.37. The van der Waals surface area contributed by atoms with Crippen LogP contribution in [-0.4, -0.2) is 28.9 Å². The van der Waals surface area contributed by atoms with E-state index in [9.17, 15) is 4.79 Å². The first-order valence-electron chi connectivity index (χ1n) is 6.61. The predicted octanol–water partition coefficient (Wildman–Crippen LogP) is 2.32. The molecular formula is C14H21N3O. The minimum absolute atomic E-state index is 0.0753. The molecule has 0 radical (unpaired) electrons. The molecule has 1 amide bonds. The van der Waals surface area contributed by atoms with Gasteiger partial charge >= 0.3 is 0 Å². The number of amides is 1. The first-order valence-corrected chi connectivity index (χ1v) is 6.61. The molecule has 0 saturated carbocycles. The summed E-state index contributed by atoms with van der Waals surface area (Å²) >= 11 is 0. The second kappa shape index (κ2) is 4.96. The Morgan fingerprint density at radius 1 is 1.44 bits per heavy atom. The van der Waals surface area contributed by atoms with Crippen molar-refractivity contribution in [2.24, 2.45) is 5.41 Å². The van der Waals surface area contributed by atoms with Gasteiger partial charge in [-0.15, -0.1) is 0 Å². The van der Waals surface area contributed by atoms with E-state index in [1.165, 1.54) is 0 Å². The minimum atomic E-state index is 0.0753. The van der Waals surface area contributed by atoms with Crippen molar-refractivity contribution in [1.82, 2.24) is 9.88 Å². The van der Waals surface area contributed by atoms with E-state index in [4.69, 9.17) is 5.73 Å². The highest BCUT2D eigenvalue weighted by Gasteiger charge is 2.37. The van der Waals surface area contributed by atoms with Crippen LogP contribution >= 0.6 is 0 Å². The number of nitrogens with zero attached hydrogens (tertiary/aromatic N) is 2. The molecule has 1 fully saturated rings. The summed E-state index contributed by atoms with van der Waals surface area (Å²) in [6.45, 7) is 6.14. The lowest BCUT2D eigenvalue weighted by Crippen LogP contribution is -2.31. The van der Waals surface area contributed by atoms with E-state index in [-0.39, 0.29) is 5.91 Å². The smallest absolute Gasteiger partial charge is 0.255 e. The fourth-order valence-electron chi connectivity index (χ4n) is 2.65. The topological polar surface area (TPSA) is 59.2 Å². The second-order valence-corrected chi connectivity index (χ2v) is 5.16. The number of aromatic nitrogens is 1. The highest BCUT2D eigenvalue weighted by molar-refractivity contribution is 5.94. The molecule has 0 spiro atoms. The molecule has 0 unspecified atom stereocenters. The SMILES string of the molecule is CCC1(CC)CCN(C(=O)c2ccc(N)nc2)C1. The largest absolute Gasteiger partial charge is 0.384 e. The number of carbonyl (C=O) groups is 1. The highest BCUT2D eigenvalue weighted by atomic mass is 16.2. The number of rotatable bonds is 3. The van der Waals surface area contributed by atoms with Crippen molar-refractivity contribution in [2.45, 2.75) is 33.1 Å². The molecule has 1 aromatic heterocycles. The summed E-state index contributed by atoms with van der Waals surface area (Å²) in [6, 6.07) is 3.43. The zero-order chi connectivity index (χ0) is 13.2. The molecule has 1 aromatic rings. The molecule has 0 bridgehead atoms. The third kappa shape index (κ3) is 2.33. The molecule has 4 nitrogen and oxygen atoms in total. The van der Waals surface area contributed by atoms with Crippen molar-refractivity contribution in [2.75, 3.05) is 18.8 Å². The summed E-state index contributed by atoms with van der Waals surface area (Å²) in [6.07, 6.45) is 4.93. The molecule has 2 rings (SSSR count). The summed E-state index contributed by atoms with van der Waals surface area (Å²) in [7, 11) is 0. The van der Waals surface area contributed by atoms with E-state index >= 15 is 0 Å². The number of anilines is 1. The van der Waals surface area contributed by atoms with Gasteiger partial charge in [0.25, 0.3) is 5.91 Å². The number of pyridine rings is 1.